The number of aliphatic carboxylic acids is 1. The van der Waals surface area contributed by atoms with E-state index in [2.05, 4.69) is 25.6 Å². The van der Waals surface area contributed by atoms with Crippen LogP contribution in [0, 0.1) is 27.7 Å². The SMILES string of the molecule is COc1cc(C)c(S(=O)(=O)N2CCCCC2CCC(=O)N2CCc3onc(-c4ccncc4)c3C2)c(C)c1.COc1cc(C)c(S(=O)(=O)N2CCCCC2CCC(=O)O)c(C)c1.c1cc(-c2noc3c2CNCC3)ccn1. The van der Waals surface area contributed by atoms with E-state index in [0.29, 0.717) is 102 Å². The molecule has 0 aliphatic carbocycles. The third kappa shape index (κ3) is 13.1. The van der Waals surface area contributed by atoms with Gasteiger partial charge in [-0.1, -0.05) is 23.2 Å². The van der Waals surface area contributed by atoms with E-state index in [0.717, 1.165) is 91.2 Å². The molecule has 8 heterocycles. The number of aryl methyl sites for hydroxylation is 4. The first-order chi connectivity index (χ1) is 37.0. The molecule has 2 N–H and O–H groups in total. The van der Waals surface area contributed by atoms with Gasteiger partial charge in [0.25, 0.3) is 0 Å². The summed E-state index contributed by atoms with van der Waals surface area (Å²) in [5.74, 6) is 2.23. The topological polar surface area (TPSA) is 241 Å². The van der Waals surface area contributed by atoms with Gasteiger partial charge in [-0.05, 0) is 137 Å². The summed E-state index contributed by atoms with van der Waals surface area (Å²) < 4.78 is 78.7. The number of carbonyl (C=O) groups excluding carboxylic acids is 1. The Balaban J connectivity index is 0.000000170. The van der Waals surface area contributed by atoms with E-state index in [4.69, 9.17) is 23.6 Å². The molecule has 6 aromatic rings. The first-order valence-electron chi connectivity index (χ1n) is 26.3. The molecule has 412 valence electrons. The van der Waals surface area contributed by atoms with Crippen LogP contribution in [0.25, 0.3) is 22.5 Å². The van der Waals surface area contributed by atoms with Crippen molar-refractivity contribution in [1.82, 2.24) is 39.1 Å². The number of hydrogen-bond acceptors (Lipinski definition) is 15. The summed E-state index contributed by atoms with van der Waals surface area (Å²) in [5.41, 5.74) is 8.43. The van der Waals surface area contributed by atoms with Crippen LogP contribution in [0.4, 0.5) is 0 Å². The molecule has 0 radical (unpaired) electrons. The summed E-state index contributed by atoms with van der Waals surface area (Å²) in [6.07, 6.45) is 14.6. The second kappa shape index (κ2) is 25.3. The Morgan fingerprint density at radius 1 is 0.649 bits per heavy atom. The van der Waals surface area contributed by atoms with Gasteiger partial charge in [0.1, 0.15) is 34.4 Å². The van der Waals surface area contributed by atoms with Gasteiger partial charge in [-0.15, -0.1) is 0 Å². The number of carboxylic acids is 1. The van der Waals surface area contributed by atoms with Crippen LogP contribution in [0.15, 0.2) is 92.2 Å². The van der Waals surface area contributed by atoms with E-state index in [1.165, 1.54) is 9.87 Å². The minimum absolute atomic E-state index is 0.0166. The lowest BCUT2D eigenvalue weighted by Crippen LogP contribution is -2.45. The average Bonchev–Trinajstić information content (AvgIpc) is 4.09. The van der Waals surface area contributed by atoms with Crippen LogP contribution in [-0.2, 0) is 55.6 Å². The van der Waals surface area contributed by atoms with E-state index in [1.54, 1.807) is 95.3 Å². The van der Waals surface area contributed by atoms with Crippen molar-refractivity contribution in [3.8, 4) is 34.0 Å². The number of aromatic nitrogens is 4. The van der Waals surface area contributed by atoms with Crippen molar-refractivity contribution in [3.63, 3.8) is 0 Å². The van der Waals surface area contributed by atoms with Gasteiger partial charge >= 0.3 is 5.97 Å². The standard InChI is InChI=1S/C28H34N4O5S.C17H25NO5S.C11H11N3O/c1-19-16-23(36-3)17-20(2)28(19)38(34,35)32-14-5-4-6-22(32)7-8-26(33)31-15-11-25-24(18-31)27(30-37-25)21-9-12-29-13-10-21;1-12-10-15(23-3)11-13(2)17(12)24(21,22)18-9-5-4-6-14(18)7-8-16(19)20;1-4-12-5-2-8(1)11-9-7-13-6-3-10(9)15-14-11/h9-10,12-13,16-17,22H,4-8,11,14-15,18H2,1-3H3;10-11,14H,4-9H2,1-3H3,(H,19,20);1-2,4-5,13H,3,6-7H2. The largest absolute Gasteiger partial charge is 0.497 e. The van der Waals surface area contributed by atoms with Gasteiger partial charge in [0.2, 0.25) is 26.0 Å². The van der Waals surface area contributed by atoms with Crippen molar-refractivity contribution in [1.29, 1.82) is 0 Å². The first kappa shape index (κ1) is 56.7. The number of sulfonamides is 2. The highest BCUT2D eigenvalue weighted by atomic mass is 32.2. The second-order valence-corrected chi connectivity index (χ2v) is 23.7. The first-order valence-corrected chi connectivity index (χ1v) is 29.2. The number of benzene rings is 2. The quantitative estimate of drug-likeness (QED) is 0.104. The smallest absolute Gasteiger partial charge is 0.303 e. The zero-order chi connectivity index (χ0) is 54.9. The predicted octanol–water partition coefficient (Wildman–Crippen LogP) is 8.37. The lowest BCUT2D eigenvalue weighted by atomic mass is 9.99. The number of fused-ring (bicyclic) bond motifs is 2. The van der Waals surface area contributed by atoms with Gasteiger partial charge in [0.05, 0.1) is 30.6 Å². The molecule has 2 atom stereocenters. The van der Waals surface area contributed by atoms with Gasteiger partial charge in [-0.2, -0.15) is 8.61 Å². The van der Waals surface area contributed by atoms with E-state index >= 15 is 0 Å². The van der Waals surface area contributed by atoms with Crippen LogP contribution >= 0.6 is 0 Å². The maximum atomic E-state index is 13.8. The molecule has 0 saturated carbocycles. The lowest BCUT2D eigenvalue weighted by Gasteiger charge is -2.36. The number of pyridine rings is 2. The molecule has 1 amide bonds. The minimum atomic E-state index is -3.71. The van der Waals surface area contributed by atoms with Crippen molar-refractivity contribution in [3.05, 3.63) is 118 Å². The normalized spacial score (nSPS) is 17.9. The monoisotopic (exact) mass is 1090 g/mol. The summed E-state index contributed by atoms with van der Waals surface area (Å²) >= 11 is 0. The van der Waals surface area contributed by atoms with Crippen LogP contribution < -0.4 is 14.8 Å². The summed E-state index contributed by atoms with van der Waals surface area (Å²) in [6, 6.07) is 14.2. The van der Waals surface area contributed by atoms with Gasteiger partial charge in [-0.3, -0.25) is 19.6 Å². The van der Waals surface area contributed by atoms with Crippen LogP contribution in [-0.4, -0.2) is 120 Å². The van der Waals surface area contributed by atoms with E-state index < -0.39 is 26.0 Å². The van der Waals surface area contributed by atoms with E-state index in [9.17, 15) is 26.4 Å². The van der Waals surface area contributed by atoms with Gasteiger partial charge in [0, 0.05) is 118 Å². The van der Waals surface area contributed by atoms with Crippen molar-refractivity contribution in [2.75, 3.05) is 40.4 Å². The zero-order valence-corrected chi connectivity index (χ0v) is 46.4. The molecule has 2 saturated heterocycles. The number of carbonyl (C=O) groups is 2. The number of nitrogens with zero attached hydrogens (tertiary/aromatic N) is 7. The molecule has 0 bridgehead atoms. The van der Waals surface area contributed by atoms with Crippen molar-refractivity contribution < 1.29 is 50.1 Å². The van der Waals surface area contributed by atoms with E-state index in [1.807, 2.05) is 29.2 Å². The maximum absolute atomic E-state index is 13.8. The Bertz CT molecular complexity index is 3200. The molecule has 21 heteroatoms. The zero-order valence-electron chi connectivity index (χ0n) is 44.8. The molecule has 2 fully saturated rings. The lowest BCUT2D eigenvalue weighted by molar-refractivity contribution is -0.137. The van der Waals surface area contributed by atoms with Gasteiger partial charge in [0.15, 0.2) is 0 Å². The molecule has 2 aromatic carbocycles. The Kier molecular flexibility index (Phi) is 18.6. The number of carboxylic acid groups (broad SMARTS) is 1. The number of nitrogens with one attached hydrogen (secondary N) is 1. The Morgan fingerprint density at radius 3 is 1.57 bits per heavy atom. The second-order valence-electron chi connectivity index (χ2n) is 20.0. The minimum Gasteiger partial charge on any atom is -0.497 e. The van der Waals surface area contributed by atoms with Gasteiger partial charge in [-0.25, -0.2) is 16.8 Å². The molecule has 4 aliphatic rings. The summed E-state index contributed by atoms with van der Waals surface area (Å²) in [4.78, 5) is 34.7. The fraction of sp³-hybridized carbons (Fsp3) is 0.464. The summed E-state index contributed by atoms with van der Waals surface area (Å²) in [6.45, 7) is 10.9. The summed E-state index contributed by atoms with van der Waals surface area (Å²) in [5, 5.41) is 20.6. The highest BCUT2D eigenvalue weighted by Gasteiger charge is 2.38. The number of methoxy groups -OCH3 is 2. The van der Waals surface area contributed by atoms with Crippen LogP contribution in [0.5, 0.6) is 11.5 Å². The Morgan fingerprint density at radius 2 is 1.10 bits per heavy atom. The molecular formula is C56H70N8O11S2. The third-order valence-electron chi connectivity index (χ3n) is 14.8. The number of amides is 1. The molecule has 2 unspecified atom stereocenters. The van der Waals surface area contributed by atoms with Crippen LogP contribution in [0.3, 0.4) is 0 Å². The van der Waals surface area contributed by atoms with Crippen LogP contribution in [0.2, 0.25) is 0 Å². The fourth-order valence-electron chi connectivity index (χ4n) is 11.0. The summed E-state index contributed by atoms with van der Waals surface area (Å²) in [7, 11) is -4.25. The molecule has 19 nitrogen and oxygen atoms in total. The third-order valence-corrected chi connectivity index (χ3v) is 19.3. The van der Waals surface area contributed by atoms with Crippen molar-refractivity contribution in [2.24, 2.45) is 0 Å². The molecule has 0 spiro atoms. The molecule has 4 aromatic heterocycles. The number of piperidine rings is 2. The Hall–Kier alpha value is -6.52. The molecule has 10 rings (SSSR count). The number of ether oxygens (including phenoxy) is 2. The number of hydrogen-bond donors (Lipinski definition) is 2. The maximum Gasteiger partial charge on any atom is 0.303 e. The fourth-order valence-corrected chi connectivity index (χ4v) is 15.3. The molecule has 77 heavy (non-hydrogen) atoms. The van der Waals surface area contributed by atoms with Gasteiger partial charge < -0.3 is 33.8 Å². The Labute approximate surface area is 451 Å². The predicted molar refractivity (Wildman–Crippen MR) is 288 cm³/mol. The molecular weight excluding hydrogens is 1020 g/mol. The van der Waals surface area contributed by atoms with Crippen LogP contribution in [0.1, 0.15) is 109 Å². The van der Waals surface area contributed by atoms with Crippen molar-refractivity contribution >= 4 is 31.9 Å². The molecule has 4 aliphatic heterocycles. The average molecular weight is 1100 g/mol. The number of rotatable bonds is 14. The van der Waals surface area contributed by atoms with Crippen molar-refractivity contribution in [2.45, 2.75) is 140 Å². The highest BCUT2D eigenvalue weighted by Crippen LogP contribution is 2.36. The van der Waals surface area contributed by atoms with E-state index in [-0.39, 0.29) is 24.4 Å². The highest BCUT2D eigenvalue weighted by molar-refractivity contribution is 7.89.